The SMILES string of the molecule is CCN(CC)c1ccc(-n2nc3cc(C)c(NC(=O)c4cc(Br)cc(Br)c4OC)cc3n2)c(C)c1. The monoisotopic (exact) mass is 599 g/mol. The Morgan fingerprint density at radius 1 is 1.00 bits per heavy atom. The third kappa shape index (κ3) is 5.06. The van der Waals surface area contributed by atoms with Gasteiger partial charge in [-0.05, 0) is 97.2 Å². The van der Waals surface area contributed by atoms with Crippen molar-refractivity contribution in [2.45, 2.75) is 27.7 Å². The molecule has 0 saturated carbocycles. The molecule has 4 aromatic rings. The third-order valence-corrected chi connectivity index (χ3v) is 7.00. The van der Waals surface area contributed by atoms with E-state index in [-0.39, 0.29) is 5.91 Å². The normalized spacial score (nSPS) is 11.1. The van der Waals surface area contributed by atoms with Crippen LogP contribution in [0.2, 0.25) is 0 Å². The number of carbonyl (C=O) groups is 1. The lowest BCUT2D eigenvalue weighted by atomic mass is 10.1. The second-order valence-corrected chi connectivity index (χ2v) is 9.98. The number of fused-ring (bicyclic) bond motifs is 1. The minimum absolute atomic E-state index is 0.276. The van der Waals surface area contributed by atoms with Crippen molar-refractivity contribution in [3.63, 3.8) is 0 Å². The molecule has 9 heteroatoms. The number of ether oxygens (including phenoxy) is 1. The Bertz CT molecular complexity index is 1410. The van der Waals surface area contributed by atoms with E-state index in [0.717, 1.165) is 39.9 Å². The highest BCUT2D eigenvalue weighted by Crippen LogP contribution is 2.33. The molecule has 0 unspecified atom stereocenters. The lowest BCUT2D eigenvalue weighted by Crippen LogP contribution is -2.21. The Balaban J connectivity index is 1.67. The van der Waals surface area contributed by atoms with Gasteiger partial charge in [-0.3, -0.25) is 4.79 Å². The van der Waals surface area contributed by atoms with E-state index in [1.165, 1.54) is 12.8 Å². The molecule has 1 heterocycles. The fraction of sp³-hybridized carbons (Fsp3) is 0.269. The number of aromatic nitrogens is 3. The van der Waals surface area contributed by atoms with Crippen molar-refractivity contribution >= 4 is 60.2 Å². The van der Waals surface area contributed by atoms with Gasteiger partial charge >= 0.3 is 0 Å². The second-order valence-electron chi connectivity index (χ2n) is 8.21. The zero-order valence-corrected chi connectivity index (χ0v) is 23.5. The molecule has 182 valence electrons. The lowest BCUT2D eigenvalue weighted by Gasteiger charge is -2.22. The first-order chi connectivity index (χ1) is 16.7. The predicted molar refractivity (Wildman–Crippen MR) is 148 cm³/mol. The van der Waals surface area contributed by atoms with Gasteiger partial charge < -0.3 is 15.0 Å². The number of methoxy groups -OCH3 is 1. The summed E-state index contributed by atoms with van der Waals surface area (Å²) in [6, 6.07) is 13.7. The molecule has 0 aliphatic carbocycles. The van der Waals surface area contributed by atoms with E-state index in [4.69, 9.17) is 14.9 Å². The van der Waals surface area contributed by atoms with Gasteiger partial charge in [-0.1, -0.05) is 15.9 Å². The zero-order valence-electron chi connectivity index (χ0n) is 20.3. The fourth-order valence-corrected chi connectivity index (χ4v) is 5.47. The molecule has 0 bridgehead atoms. The van der Waals surface area contributed by atoms with E-state index in [0.29, 0.717) is 27.0 Å². The molecular formula is C26H27Br2N5O2. The van der Waals surface area contributed by atoms with Crippen LogP contribution in [0.15, 0.2) is 51.4 Å². The highest BCUT2D eigenvalue weighted by Gasteiger charge is 2.18. The standard InChI is InChI=1S/C26H27Br2N5O2/c1-6-32(7-2)18-8-9-24(16(4)10-18)33-30-22-11-15(3)21(14-23(22)31-33)29-26(34)19-12-17(27)13-20(28)25(19)35-5/h8-14H,6-7H2,1-5H3,(H,29,34). The maximum absolute atomic E-state index is 13.1. The summed E-state index contributed by atoms with van der Waals surface area (Å²) in [5.41, 5.74) is 6.62. The number of carbonyl (C=O) groups excluding carboxylic acids is 1. The largest absolute Gasteiger partial charge is 0.495 e. The van der Waals surface area contributed by atoms with Crippen LogP contribution in [0.4, 0.5) is 11.4 Å². The number of hydrogen-bond donors (Lipinski definition) is 1. The maximum atomic E-state index is 13.1. The summed E-state index contributed by atoms with van der Waals surface area (Å²) >= 11 is 6.89. The fourth-order valence-electron chi connectivity index (χ4n) is 4.09. The molecule has 1 amide bonds. The van der Waals surface area contributed by atoms with Gasteiger partial charge in [-0.2, -0.15) is 4.80 Å². The summed E-state index contributed by atoms with van der Waals surface area (Å²) in [5, 5.41) is 12.4. The molecule has 0 saturated heterocycles. The van der Waals surface area contributed by atoms with Gasteiger partial charge in [0.05, 0.1) is 22.8 Å². The molecular weight excluding hydrogens is 574 g/mol. The number of anilines is 2. The number of nitrogens with zero attached hydrogens (tertiary/aromatic N) is 4. The van der Waals surface area contributed by atoms with Gasteiger partial charge in [0.15, 0.2) is 0 Å². The summed E-state index contributed by atoms with van der Waals surface area (Å²) in [6.07, 6.45) is 0. The van der Waals surface area contributed by atoms with Gasteiger partial charge in [0.25, 0.3) is 5.91 Å². The minimum Gasteiger partial charge on any atom is -0.495 e. The lowest BCUT2D eigenvalue weighted by molar-refractivity contribution is 0.102. The summed E-state index contributed by atoms with van der Waals surface area (Å²) in [6.45, 7) is 10.2. The summed E-state index contributed by atoms with van der Waals surface area (Å²) in [5.74, 6) is 0.195. The quantitative estimate of drug-likeness (QED) is 0.256. The summed E-state index contributed by atoms with van der Waals surface area (Å²) in [7, 11) is 1.54. The first-order valence-corrected chi connectivity index (χ1v) is 12.9. The third-order valence-electron chi connectivity index (χ3n) is 5.96. The molecule has 1 aromatic heterocycles. The molecule has 1 N–H and O–H groups in total. The van der Waals surface area contributed by atoms with Crippen molar-refractivity contribution in [3.8, 4) is 11.4 Å². The van der Waals surface area contributed by atoms with Crippen LogP contribution in [0.25, 0.3) is 16.7 Å². The number of benzene rings is 3. The van der Waals surface area contributed by atoms with Gasteiger partial charge in [-0.25, -0.2) is 0 Å². The van der Waals surface area contributed by atoms with Crippen LogP contribution in [0, 0.1) is 13.8 Å². The Hall–Kier alpha value is -2.91. The molecule has 0 radical (unpaired) electrons. The van der Waals surface area contributed by atoms with Crippen LogP contribution in [-0.4, -0.2) is 41.1 Å². The van der Waals surface area contributed by atoms with Crippen molar-refractivity contribution in [1.82, 2.24) is 15.0 Å². The predicted octanol–water partition coefficient (Wildman–Crippen LogP) is 6.67. The van der Waals surface area contributed by atoms with Crippen molar-refractivity contribution < 1.29 is 9.53 Å². The number of halogens is 2. The topological polar surface area (TPSA) is 72.3 Å². The number of amides is 1. The van der Waals surface area contributed by atoms with Crippen molar-refractivity contribution in [3.05, 3.63) is 68.1 Å². The van der Waals surface area contributed by atoms with Crippen LogP contribution < -0.4 is 15.0 Å². The van der Waals surface area contributed by atoms with Crippen LogP contribution in [0.5, 0.6) is 5.75 Å². The van der Waals surface area contributed by atoms with Crippen LogP contribution in [0.1, 0.15) is 35.3 Å². The molecule has 4 rings (SSSR count). The second kappa shape index (κ2) is 10.4. The Kier molecular flexibility index (Phi) is 7.47. The molecule has 0 atom stereocenters. The first kappa shape index (κ1) is 25.2. The highest BCUT2D eigenvalue weighted by atomic mass is 79.9. The Labute approximate surface area is 221 Å². The molecule has 0 fully saturated rings. The van der Waals surface area contributed by atoms with Crippen LogP contribution in [0.3, 0.4) is 0 Å². The molecule has 0 aliphatic heterocycles. The van der Waals surface area contributed by atoms with Gasteiger partial charge in [0, 0.05) is 28.9 Å². The van der Waals surface area contributed by atoms with Gasteiger partial charge in [0.1, 0.15) is 16.8 Å². The molecule has 0 aliphatic rings. The number of hydrogen-bond acceptors (Lipinski definition) is 5. The average Bonchev–Trinajstić information content (AvgIpc) is 3.22. The van der Waals surface area contributed by atoms with Crippen molar-refractivity contribution in [2.24, 2.45) is 0 Å². The van der Waals surface area contributed by atoms with Crippen molar-refractivity contribution in [1.29, 1.82) is 0 Å². The van der Waals surface area contributed by atoms with E-state index in [1.54, 1.807) is 10.9 Å². The average molecular weight is 601 g/mol. The van der Waals surface area contributed by atoms with E-state index >= 15 is 0 Å². The molecule has 7 nitrogen and oxygen atoms in total. The van der Waals surface area contributed by atoms with E-state index in [9.17, 15) is 4.79 Å². The molecule has 0 spiro atoms. The highest BCUT2D eigenvalue weighted by molar-refractivity contribution is 9.11. The van der Waals surface area contributed by atoms with Gasteiger partial charge in [-0.15, -0.1) is 10.2 Å². The van der Waals surface area contributed by atoms with Crippen molar-refractivity contribution in [2.75, 3.05) is 30.4 Å². The number of nitrogens with one attached hydrogen (secondary N) is 1. The summed E-state index contributed by atoms with van der Waals surface area (Å²) < 4.78 is 6.90. The van der Waals surface area contributed by atoms with E-state index in [2.05, 4.69) is 81.0 Å². The Morgan fingerprint density at radius 2 is 1.69 bits per heavy atom. The summed E-state index contributed by atoms with van der Waals surface area (Å²) in [4.78, 5) is 17.1. The molecule has 35 heavy (non-hydrogen) atoms. The van der Waals surface area contributed by atoms with E-state index < -0.39 is 0 Å². The molecule has 3 aromatic carbocycles. The Morgan fingerprint density at radius 3 is 2.31 bits per heavy atom. The smallest absolute Gasteiger partial charge is 0.259 e. The maximum Gasteiger partial charge on any atom is 0.259 e. The van der Waals surface area contributed by atoms with Crippen LogP contribution in [-0.2, 0) is 0 Å². The van der Waals surface area contributed by atoms with Gasteiger partial charge in [0.2, 0.25) is 0 Å². The van der Waals surface area contributed by atoms with E-state index in [1.807, 2.05) is 25.1 Å². The van der Waals surface area contributed by atoms with Crippen LogP contribution >= 0.6 is 31.9 Å². The minimum atomic E-state index is -0.276. The zero-order chi connectivity index (χ0) is 25.3. The number of rotatable bonds is 7. The number of aryl methyl sites for hydroxylation is 2. The first-order valence-electron chi connectivity index (χ1n) is 11.3.